The normalized spacial score (nSPS) is 11.1. The van der Waals surface area contributed by atoms with Gasteiger partial charge >= 0.3 is 0 Å². The van der Waals surface area contributed by atoms with Crippen LogP contribution < -0.4 is 4.90 Å². The second kappa shape index (κ2) is 8.17. The zero-order chi connectivity index (χ0) is 19.5. The van der Waals surface area contributed by atoms with E-state index in [1.54, 1.807) is 11.2 Å². The van der Waals surface area contributed by atoms with E-state index in [0.717, 1.165) is 27.1 Å². The fraction of sp³-hybridized carbons (Fsp3) is 0.182. The highest BCUT2D eigenvalue weighted by Gasteiger charge is 2.22. The molecule has 4 nitrogen and oxygen atoms in total. The predicted octanol–water partition coefficient (Wildman–Crippen LogP) is 6.02. The van der Waals surface area contributed by atoms with E-state index in [0.29, 0.717) is 29.5 Å². The number of hydrogen-bond acceptors (Lipinski definition) is 4. The van der Waals surface area contributed by atoms with Gasteiger partial charge in [0.05, 0.1) is 28.0 Å². The van der Waals surface area contributed by atoms with E-state index in [1.807, 2.05) is 61.5 Å². The zero-order valence-corrected chi connectivity index (χ0v) is 17.0. The van der Waals surface area contributed by atoms with E-state index in [1.165, 1.54) is 11.3 Å². The summed E-state index contributed by atoms with van der Waals surface area (Å²) in [5, 5.41) is 1.29. The Kier molecular flexibility index (Phi) is 5.46. The number of thiazole rings is 1. The molecule has 0 saturated carbocycles. The van der Waals surface area contributed by atoms with Crippen LogP contribution in [0.5, 0.6) is 0 Å². The lowest BCUT2D eigenvalue weighted by Crippen LogP contribution is -2.30. The summed E-state index contributed by atoms with van der Waals surface area (Å²) in [7, 11) is 0. The van der Waals surface area contributed by atoms with Crippen LogP contribution in [0.2, 0.25) is 5.02 Å². The summed E-state index contributed by atoms with van der Waals surface area (Å²) in [6, 6.07) is 17.5. The Balaban J connectivity index is 1.64. The Morgan fingerprint density at radius 1 is 1.14 bits per heavy atom. The molecule has 6 heteroatoms. The van der Waals surface area contributed by atoms with Crippen molar-refractivity contribution in [2.24, 2.45) is 0 Å². The van der Waals surface area contributed by atoms with Crippen LogP contribution in [0, 0.1) is 6.92 Å². The molecule has 0 aliphatic carbocycles. The van der Waals surface area contributed by atoms with Gasteiger partial charge in [0.2, 0.25) is 5.91 Å². The molecule has 0 aliphatic heterocycles. The largest absolute Gasteiger partial charge is 0.467 e. The fourth-order valence-electron chi connectivity index (χ4n) is 3.06. The number of halogens is 1. The van der Waals surface area contributed by atoms with Crippen molar-refractivity contribution in [2.45, 2.75) is 26.3 Å². The van der Waals surface area contributed by atoms with Crippen LogP contribution in [0.3, 0.4) is 0 Å². The molecule has 0 atom stereocenters. The highest BCUT2D eigenvalue weighted by Crippen LogP contribution is 2.36. The molecule has 0 spiro atoms. The second-order valence-electron chi connectivity index (χ2n) is 6.58. The molecule has 1 amide bonds. The summed E-state index contributed by atoms with van der Waals surface area (Å²) in [5.74, 6) is 0.725. The molecule has 4 rings (SSSR count). The first-order chi connectivity index (χ1) is 13.6. The first-order valence-electron chi connectivity index (χ1n) is 9.04. The molecule has 0 N–H and O–H groups in total. The van der Waals surface area contributed by atoms with Crippen molar-refractivity contribution in [3.05, 3.63) is 82.8 Å². The minimum atomic E-state index is 0.00749. The van der Waals surface area contributed by atoms with Crippen molar-refractivity contribution < 1.29 is 9.21 Å². The van der Waals surface area contributed by atoms with E-state index in [9.17, 15) is 4.79 Å². The number of aromatic nitrogens is 1. The van der Waals surface area contributed by atoms with E-state index < -0.39 is 0 Å². The third kappa shape index (κ3) is 3.96. The van der Waals surface area contributed by atoms with Gasteiger partial charge in [0.25, 0.3) is 0 Å². The predicted molar refractivity (Wildman–Crippen MR) is 114 cm³/mol. The van der Waals surface area contributed by atoms with Crippen LogP contribution in [0.15, 0.2) is 65.3 Å². The molecule has 2 aromatic heterocycles. The molecule has 0 saturated heterocycles. The van der Waals surface area contributed by atoms with Crippen molar-refractivity contribution >= 4 is 44.2 Å². The molecule has 0 bridgehead atoms. The van der Waals surface area contributed by atoms with Gasteiger partial charge in [-0.05, 0) is 42.7 Å². The second-order valence-corrected chi connectivity index (χ2v) is 7.97. The van der Waals surface area contributed by atoms with E-state index in [-0.39, 0.29) is 5.91 Å². The van der Waals surface area contributed by atoms with Crippen molar-refractivity contribution in [2.75, 3.05) is 4.90 Å². The average molecular weight is 411 g/mol. The Labute approximate surface area is 172 Å². The number of carbonyl (C=O) groups excluding carboxylic acids is 1. The van der Waals surface area contributed by atoms with E-state index in [2.05, 4.69) is 0 Å². The Bertz CT molecular complexity index is 1050. The summed E-state index contributed by atoms with van der Waals surface area (Å²) in [5.41, 5.74) is 3.02. The maximum atomic E-state index is 13.1. The summed E-state index contributed by atoms with van der Waals surface area (Å²) < 4.78 is 6.38. The summed E-state index contributed by atoms with van der Waals surface area (Å²) in [6.45, 7) is 2.34. The number of hydrogen-bond donors (Lipinski definition) is 0. The SMILES string of the molecule is Cc1ccc(Cl)c2sc(N(Cc3ccco3)C(=O)CCc3ccccc3)nc12. The van der Waals surface area contributed by atoms with Gasteiger partial charge in [-0.1, -0.05) is 59.3 Å². The maximum Gasteiger partial charge on any atom is 0.229 e. The first-order valence-corrected chi connectivity index (χ1v) is 10.2. The van der Waals surface area contributed by atoms with E-state index in [4.69, 9.17) is 21.0 Å². The van der Waals surface area contributed by atoms with Crippen LogP contribution in [-0.4, -0.2) is 10.9 Å². The minimum Gasteiger partial charge on any atom is -0.467 e. The lowest BCUT2D eigenvalue weighted by molar-refractivity contribution is -0.118. The lowest BCUT2D eigenvalue weighted by atomic mass is 10.1. The molecule has 142 valence electrons. The number of amides is 1. The van der Waals surface area contributed by atoms with Crippen LogP contribution in [0.1, 0.15) is 23.3 Å². The number of anilines is 1. The molecular formula is C22H19ClN2O2S. The average Bonchev–Trinajstić information content (AvgIpc) is 3.38. The summed E-state index contributed by atoms with van der Waals surface area (Å²) >= 11 is 7.80. The van der Waals surface area contributed by atoms with Crippen LogP contribution >= 0.6 is 22.9 Å². The molecule has 4 aromatic rings. The molecule has 28 heavy (non-hydrogen) atoms. The molecule has 0 unspecified atom stereocenters. The lowest BCUT2D eigenvalue weighted by Gasteiger charge is -2.18. The Morgan fingerprint density at radius 3 is 2.68 bits per heavy atom. The van der Waals surface area contributed by atoms with Gasteiger partial charge in [0.15, 0.2) is 5.13 Å². The Hall–Kier alpha value is -2.63. The van der Waals surface area contributed by atoms with Crippen LogP contribution in [0.4, 0.5) is 5.13 Å². The van der Waals surface area contributed by atoms with Gasteiger partial charge in [-0.25, -0.2) is 4.98 Å². The van der Waals surface area contributed by atoms with Gasteiger partial charge in [-0.2, -0.15) is 0 Å². The van der Waals surface area contributed by atoms with Crippen molar-refractivity contribution in [3.8, 4) is 0 Å². The Morgan fingerprint density at radius 2 is 1.96 bits per heavy atom. The molecule has 2 heterocycles. The third-order valence-corrected chi connectivity index (χ3v) is 6.12. The third-order valence-electron chi connectivity index (χ3n) is 4.58. The van der Waals surface area contributed by atoms with Crippen LogP contribution in [-0.2, 0) is 17.8 Å². The highest BCUT2D eigenvalue weighted by molar-refractivity contribution is 7.23. The highest BCUT2D eigenvalue weighted by atomic mass is 35.5. The van der Waals surface area contributed by atoms with Gasteiger partial charge in [-0.3, -0.25) is 9.69 Å². The molecule has 0 fully saturated rings. The first kappa shape index (κ1) is 18.7. The summed E-state index contributed by atoms with van der Waals surface area (Å²) in [6.07, 6.45) is 2.69. The van der Waals surface area contributed by atoms with E-state index >= 15 is 0 Å². The quantitative estimate of drug-likeness (QED) is 0.390. The van der Waals surface area contributed by atoms with Gasteiger partial charge in [-0.15, -0.1) is 0 Å². The van der Waals surface area contributed by atoms with Crippen LogP contribution in [0.25, 0.3) is 10.2 Å². The number of nitrogens with zero attached hydrogens (tertiary/aromatic N) is 2. The number of carbonyl (C=O) groups is 1. The molecule has 0 radical (unpaired) electrons. The molecule has 2 aromatic carbocycles. The van der Waals surface area contributed by atoms with Gasteiger partial charge in [0, 0.05) is 6.42 Å². The fourth-order valence-corrected chi connectivity index (χ4v) is 4.39. The number of benzene rings is 2. The number of aryl methyl sites for hydroxylation is 2. The van der Waals surface area contributed by atoms with Crippen molar-refractivity contribution in [1.82, 2.24) is 4.98 Å². The van der Waals surface area contributed by atoms with Gasteiger partial charge < -0.3 is 4.42 Å². The smallest absolute Gasteiger partial charge is 0.229 e. The molecular weight excluding hydrogens is 392 g/mol. The number of furan rings is 1. The van der Waals surface area contributed by atoms with Crippen molar-refractivity contribution in [3.63, 3.8) is 0 Å². The van der Waals surface area contributed by atoms with Crippen molar-refractivity contribution in [1.29, 1.82) is 0 Å². The minimum absolute atomic E-state index is 0.00749. The zero-order valence-electron chi connectivity index (χ0n) is 15.4. The topological polar surface area (TPSA) is 46.3 Å². The molecule has 0 aliphatic rings. The summed E-state index contributed by atoms with van der Waals surface area (Å²) in [4.78, 5) is 19.5. The monoisotopic (exact) mass is 410 g/mol. The van der Waals surface area contributed by atoms with Gasteiger partial charge in [0.1, 0.15) is 5.76 Å². The maximum absolute atomic E-state index is 13.1. The number of fused-ring (bicyclic) bond motifs is 1. The number of rotatable bonds is 6. The standard InChI is InChI=1S/C22H19ClN2O2S/c1-15-9-11-18(23)21-20(15)24-22(28-21)25(14-17-8-5-13-27-17)19(26)12-10-16-6-3-2-4-7-16/h2-9,11,13H,10,12,14H2,1H3.